The average molecular weight is 1040 g/mol. The first-order valence-corrected chi connectivity index (χ1v) is 27.6. The number of hydrogen-bond donors (Lipinski definition) is 0. The molecule has 0 atom stereocenters. The van der Waals surface area contributed by atoms with Crippen LogP contribution in [0.4, 0.5) is 0 Å². The lowest BCUT2D eigenvalue weighted by atomic mass is 9.34. The lowest BCUT2D eigenvalue weighted by Crippen LogP contribution is -2.57. The molecule has 0 spiro atoms. The molecule has 0 saturated carbocycles. The SMILES string of the molecule is C=NCc1ccc2c(c1)c1cc(C(C)(C)C)ccc1n2-c1ccc2c(c1)Oc1cc(-c3cc(C#N)ccc3-n3c4ccccc4c4ccccc43)cc3c1B2c1ccc(-c2ccccc2-n2c4ccccc4c4ccccc42)cc1O3. The fourth-order valence-corrected chi connectivity index (χ4v) is 13.3. The Balaban J connectivity index is 0.915. The van der Waals surface area contributed by atoms with Gasteiger partial charge in [-0.3, -0.25) is 4.99 Å². The molecule has 16 rings (SSSR count). The number of nitrogens with zero attached hydrogens (tertiary/aromatic N) is 5. The number of aliphatic imine (C=N–C) groups is 1. The first-order valence-electron chi connectivity index (χ1n) is 27.6. The summed E-state index contributed by atoms with van der Waals surface area (Å²) in [6.45, 7) is 10.9. The van der Waals surface area contributed by atoms with E-state index in [1.807, 2.05) is 12.1 Å². The van der Waals surface area contributed by atoms with Crippen molar-refractivity contribution in [3.63, 3.8) is 0 Å². The van der Waals surface area contributed by atoms with E-state index in [0.29, 0.717) is 23.6 Å². The summed E-state index contributed by atoms with van der Waals surface area (Å²) in [6.07, 6.45) is 0. The highest BCUT2D eigenvalue weighted by molar-refractivity contribution is 6.98. The van der Waals surface area contributed by atoms with E-state index in [4.69, 9.17) is 9.47 Å². The van der Waals surface area contributed by atoms with Crippen LogP contribution in [0.2, 0.25) is 0 Å². The molecule has 11 aromatic carbocycles. The molecule has 0 radical (unpaired) electrons. The quantitative estimate of drug-likeness (QED) is 0.118. The standard InChI is InChI=1S/C73H50BN5O2/c1-73(2,3)48-28-34-67-57(40-48)56-36-45(43-76-4)26-33-66(56)77(67)49-29-31-59-69(41-49)81-71-39-47(55-35-44(42-75)25-32-65(55)79-63-23-13-8-18-53(63)54-19-9-14-24-64(54)79)38-70-72(71)74(59)58-30-27-46(37-68(58)80-70)50-15-5-10-20-60(50)78-61-21-11-6-16-51(61)52-17-7-12-22-62(52)78/h5-41H,4,43H2,1-3H3. The van der Waals surface area contributed by atoms with Gasteiger partial charge in [-0.05, 0) is 142 Å². The average Bonchev–Trinajstić information content (AvgIpc) is 4.25. The Morgan fingerprint density at radius 2 is 0.975 bits per heavy atom. The Bertz CT molecular complexity index is 4970. The molecular formula is C73H50BN5O2. The maximum Gasteiger partial charge on any atom is 0.260 e. The van der Waals surface area contributed by atoms with Crippen molar-refractivity contribution in [1.82, 2.24) is 13.7 Å². The van der Waals surface area contributed by atoms with Crippen molar-refractivity contribution in [3.05, 3.63) is 241 Å². The normalized spacial score (nSPS) is 12.6. The fraction of sp³-hybridized carbons (Fsp3) is 0.0685. The van der Waals surface area contributed by atoms with Gasteiger partial charge in [0, 0.05) is 60.7 Å². The van der Waals surface area contributed by atoms with Crippen molar-refractivity contribution in [1.29, 1.82) is 5.26 Å². The van der Waals surface area contributed by atoms with Crippen LogP contribution in [-0.2, 0) is 12.0 Å². The summed E-state index contributed by atoms with van der Waals surface area (Å²) in [5, 5.41) is 17.6. The Labute approximate surface area is 468 Å². The molecule has 5 heterocycles. The van der Waals surface area contributed by atoms with Crippen LogP contribution in [0.25, 0.3) is 105 Å². The third-order valence-electron chi connectivity index (χ3n) is 17.0. The highest BCUT2D eigenvalue weighted by Gasteiger charge is 2.41. The molecule has 2 aliphatic rings. The summed E-state index contributed by atoms with van der Waals surface area (Å²) in [7, 11) is 0. The van der Waals surface area contributed by atoms with E-state index in [1.165, 1.54) is 27.1 Å². The number of nitriles is 1. The van der Waals surface area contributed by atoms with Crippen molar-refractivity contribution in [2.24, 2.45) is 4.99 Å². The number of fused-ring (bicyclic) bond motifs is 13. The van der Waals surface area contributed by atoms with E-state index in [2.05, 4.69) is 265 Å². The molecule has 14 aromatic rings. The maximum atomic E-state index is 10.5. The Morgan fingerprint density at radius 1 is 0.457 bits per heavy atom. The molecule has 81 heavy (non-hydrogen) atoms. The zero-order valence-corrected chi connectivity index (χ0v) is 44.9. The summed E-state index contributed by atoms with van der Waals surface area (Å²) >= 11 is 0. The summed E-state index contributed by atoms with van der Waals surface area (Å²) in [5.74, 6) is 2.96. The lowest BCUT2D eigenvalue weighted by Gasteiger charge is -2.34. The van der Waals surface area contributed by atoms with Gasteiger partial charge in [-0.15, -0.1) is 0 Å². The number of hydrogen-bond acceptors (Lipinski definition) is 4. The molecule has 0 N–H and O–H groups in total. The van der Waals surface area contributed by atoms with Gasteiger partial charge in [0.2, 0.25) is 0 Å². The zero-order valence-electron chi connectivity index (χ0n) is 44.9. The van der Waals surface area contributed by atoms with Crippen LogP contribution in [0, 0.1) is 11.3 Å². The van der Waals surface area contributed by atoms with Crippen LogP contribution in [-0.4, -0.2) is 27.1 Å². The van der Waals surface area contributed by atoms with Gasteiger partial charge in [-0.25, -0.2) is 0 Å². The smallest absolute Gasteiger partial charge is 0.260 e. The van der Waals surface area contributed by atoms with Crippen LogP contribution < -0.4 is 25.9 Å². The van der Waals surface area contributed by atoms with Crippen molar-refractivity contribution in [2.75, 3.05) is 0 Å². The van der Waals surface area contributed by atoms with Gasteiger partial charge in [-0.2, -0.15) is 5.26 Å². The van der Waals surface area contributed by atoms with Gasteiger partial charge < -0.3 is 23.2 Å². The number of ether oxygens (including phenoxy) is 2. The predicted molar refractivity (Wildman–Crippen MR) is 335 cm³/mol. The van der Waals surface area contributed by atoms with Gasteiger partial charge in [0.25, 0.3) is 6.71 Å². The van der Waals surface area contributed by atoms with E-state index in [0.717, 1.165) is 117 Å². The second-order valence-electron chi connectivity index (χ2n) is 22.6. The second kappa shape index (κ2) is 17.6. The lowest BCUT2D eigenvalue weighted by molar-refractivity contribution is 0.465. The molecule has 0 saturated heterocycles. The third-order valence-corrected chi connectivity index (χ3v) is 17.0. The van der Waals surface area contributed by atoms with Crippen LogP contribution in [0.1, 0.15) is 37.5 Å². The van der Waals surface area contributed by atoms with Gasteiger partial charge in [0.15, 0.2) is 0 Å². The summed E-state index contributed by atoms with van der Waals surface area (Å²) in [4.78, 5) is 4.25. The Morgan fingerprint density at radius 3 is 1.58 bits per heavy atom. The van der Waals surface area contributed by atoms with Gasteiger partial charge in [0.1, 0.15) is 23.0 Å². The first kappa shape index (κ1) is 46.7. The number of aromatic nitrogens is 3. The molecule has 0 fully saturated rings. The van der Waals surface area contributed by atoms with Crippen LogP contribution in [0.15, 0.2) is 229 Å². The van der Waals surface area contributed by atoms with Gasteiger partial charge >= 0.3 is 0 Å². The van der Waals surface area contributed by atoms with Crippen molar-refractivity contribution in [2.45, 2.75) is 32.7 Å². The highest BCUT2D eigenvalue weighted by Crippen LogP contribution is 2.45. The summed E-state index contributed by atoms with van der Waals surface area (Å²) in [5.41, 5.74) is 19.6. The van der Waals surface area contributed by atoms with E-state index in [9.17, 15) is 5.26 Å². The molecule has 0 amide bonds. The first-order chi connectivity index (χ1) is 39.7. The molecule has 3 aromatic heterocycles. The molecule has 2 aliphatic heterocycles. The van der Waals surface area contributed by atoms with Gasteiger partial charge in [-0.1, -0.05) is 142 Å². The monoisotopic (exact) mass is 1040 g/mol. The summed E-state index contributed by atoms with van der Waals surface area (Å²) in [6, 6.07) is 82.8. The van der Waals surface area contributed by atoms with Crippen molar-refractivity contribution in [3.8, 4) is 68.4 Å². The molecule has 0 bridgehead atoms. The zero-order chi connectivity index (χ0) is 54.3. The molecule has 382 valence electrons. The van der Waals surface area contributed by atoms with Crippen molar-refractivity contribution < 1.29 is 9.47 Å². The van der Waals surface area contributed by atoms with Crippen molar-refractivity contribution >= 4 is 95.2 Å². The molecular weight excluding hydrogens is 990 g/mol. The molecule has 8 heteroatoms. The maximum absolute atomic E-state index is 10.5. The molecule has 7 nitrogen and oxygen atoms in total. The van der Waals surface area contributed by atoms with E-state index in [-0.39, 0.29) is 12.1 Å². The van der Waals surface area contributed by atoms with E-state index in [1.54, 1.807) is 0 Å². The minimum Gasteiger partial charge on any atom is -0.458 e. The highest BCUT2D eigenvalue weighted by atomic mass is 16.5. The fourth-order valence-electron chi connectivity index (χ4n) is 13.3. The predicted octanol–water partition coefficient (Wildman–Crippen LogP) is 16.4. The van der Waals surface area contributed by atoms with Gasteiger partial charge in [0.05, 0.1) is 62.7 Å². The Hall–Kier alpha value is -10.4. The largest absolute Gasteiger partial charge is 0.458 e. The van der Waals surface area contributed by atoms with Crippen LogP contribution >= 0.6 is 0 Å². The van der Waals surface area contributed by atoms with Crippen LogP contribution in [0.3, 0.4) is 0 Å². The van der Waals surface area contributed by atoms with E-state index >= 15 is 0 Å². The third kappa shape index (κ3) is 7.05. The molecule has 0 aliphatic carbocycles. The number of rotatable bonds is 7. The van der Waals surface area contributed by atoms with E-state index < -0.39 is 0 Å². The number of para-hydroxylation sites is 5. The Kier molecular flexibility index (Phi) is 10.1. The van der Waals surface area contributed by atoms with Crippen LogP contribution in [0.5, 0.6) is 23.0 Å². The topological polar surface area (TPSA) is 69.4 Å². The second-order valence-corrected chi connectivity index (χ2v) is 22.6. The summed E-state index contributed by atoms with van der Waals surface area (Å²) < 4.78 is 21.7. The minimum absolute atomic E-state index is 0.0374. The minimum atomic E-state index is -0.226. The molecule has 0 unspecified atom stereocenters. The number of benzene rings is 11.